The molecule has 2 unspecified atom stereocenters. The summed E-state index contributed by atoms with van der Waals surface area (Å²) in [5.41, 5.74) is 0. The first-order valence-electron chi connectivity index (χ1n) is 26.7. The molecular weight excluding hydrogens is 863 g/mol. The molecule has 0 aliphatic carbocycles. The summed E-state index contributed by atoms with van der Waals surface area (Å²) < 4.78 is 22.6. The molecule has 0 rings (SSSR count). The Labute approximate surface area is 421 Å². The summed E-state index contributed by atoms with van der Waals surface area (Å²) in [5, 5.41) is 11.8. The molecule has 0 amide bonds. The molecule has 9 nitrogen and oxygen atoms in total. The minimum absolute atomic E-state index is 0.134. The molecule has 0 aromatic rings. The second-order valence-corrected chi connectivity index (χ2v) is 18.4. The molecule has 0 aliphatic rings. The fraction of sp³-hybridized carbons (Fsp3) is 0.617. The van der Waals surface area contributed by atoms with Crippen LogP contribution in [0.3, 0.4) is 0 Å². The maximum atomic E-state index is 12.8. The van der Waals surface area contributed by atoms with Crippen molar-refractivity contribution in [2.45, 2.75) is 193 Å². The van der Waals surface area contributed by atoms with E-state index in [1.165, 1.54) is 0 Å². The number of nitrogens with zero attached hydrogens (tertiary/aromatic N) is 1. The largest absolute Gasteiger partial charge is 0.545 e. The quantitative estimate of drug-likeness (QED) is 0.0195. The van der Waals surface area contributed by atoms with Crippen LogP contribution >= 0.6 is 0 Å². The lowest BCUT2D eigenvalue weighted by Crippen LogP contribution is -2.44. The van der Waals surface area contributed by atoms with E-state index in [1.807, 2.05) is 21.1 Å². The van der Waals surface area contributed by atoms with Gasteiger partial charge in [-0.05, 0) is 103 Å². The van der Waals surface area contributed by atoms with Crippen LogP contribution in [-0.4, -0.2) is 82.3 Å². The molecule has 0 aliphatic heterocycles. The zero-order valence-electron chi connectivity index (χ0n) is 44.1. The summed E-state index contributed by atoms with van der Waals surface area (Å²) >= 11 is 0. The van der Waals surface area contributed by atoms with Crippen LogP contribution < -0.4 is 5.11 Å². The lowest BCUT2D eigenvalue weighted by Gasteiger charge is -2.26. The van der Waals surface area contributed by atoms with Crippen molar-refractivity contribution < 1.29 is 42.9 Å². The number of esters is 2. The number of allylic oxidation sites excluding steroid dienone is 20. The minimum atomic E-state index is -1.64. The van der Waals surface area contributed by atoms with Crippen LogP contribution in [0.2, 0.25) is 0 Å². The highest BCUT2D eigenvalue weighted by Crippen LogP contribution is 2.13. The highest BCUT2D eigenvalue weighted by molar-refractivity contribution is 5.70. The van der Waals surface area contributed by atoms with Gasteiger partial charge in [-0.25, -0.2) is 0 Å². The van der Waals surface area contributed by atoms with Crippen LogP contribution in [0, 0.1) is 0 Å². The predicted octanol–water partition coefficient (Wildman–Crippen LogP) is 14.0. The van der Waals surface area contributed by atoms with Crippen molar-refractivity contribution in [1.82, 2.24) is 0 Å². The monoisotopic (exact) mass is 960 g/mol. The fourth-order valence-corrected chi connectivity index (χ4v) is 6.65. The maximum absolute atomic E-state index is 12.8. The van der Waals surface area contributed by atoms with Gasteiger partial charge < -0.3 is 33.3 Å². The molecule has 0 heterocycles. The van der Waals surface area contributed by atoms with Crippen molar-refractivity contribution in [3.8, 4) is 0 Å². The van der Waals surface area contributed by atoms with E-state index in [2.05, 4.69) is 135 Å². The van der Waals surface area contributed by atoms with Crippen molar-refractivity contribution in [2.75, 3.05) is 47.5 Å². The normalized spacial score (nSPS) is 13.8. The van der Waals surface area contributed by atoms with Crippen LogP contribution in [0.5, 0.6) is 0 Å². The van der Waals surface area contributed by atoms with Gasteiger partial charge in [0.05, 0.1) is 40.3 Å². The molecule has 0 saturated carbocycles. The van der Waals surface area contributed by atoms with E-state index in [1.54, 1.807) is 0 Å². The minimum Gasteiger partial charge on any atom is -0.545 e. The van der Waals surface area contributed by atoms with E-state index in [4.69, 9.17) is 18.9 Å². The van der Waals surface area contributed by atoms with Gasteiger partial charge in [0, 0.05) is 12.8 Å². The Kier molecular flexibility index (Phi) is 47.0. The molecule has 0 saturated heterocycles. The third kappa shape index (κ3) is 51.4. The summed E-state index contributed by atoms with van der Waals surface area (Å²) in [6, 6.07) is 0. The zero-order valence-corrected chi connectivity index (χ0v) is 44.1. The summed E-state index contributed by atoms with van der Waals surface area (Å²) in [6.45, 7) is 4.46. The number of carboxylic acid groups (broad SMARTS) is 1. The number of carbonyl (C=O) groups excluding carboxylic acids is 3. The third-order valence-electron chi connectivity index (χ3n) is 10.7. The number of unbranched alkanes of at least 4 members (excludes halogenated alkanes) is 12. The number of hydrogen-bond acceptors (Lipinski definition) is 8. The van der Waals surface area contributed by atoms with Crippen molar-refractivity contribution in [3.05, 3.63) is 122 Å². The Morgan fingerprint density at radius 2 is 0.783 bits per heavy atom. The van der Waals surface area contributed by atoms with Gasteiger partial charge in [-0.1, -0.05) is 187 Å². The molecule has 69 heavy (non-hydrogen) atoms. The van der Waals surface area contributed by atoms with E-state index in [0.717, 1.165) is 141 Å². The Hall–Kier alpha value is -4.31. The van der Waals surface area contributed by atoms with Gasteiger partial charge in [0.1, 0.15) is 13.2 Å². The molecular formula is C60H97NO8. The summed E-state index contributed by atoms with van der Waals surface area (Å²) in [7, 11) is 5.89. The standard InChI is InChI=1S/C60H97NO8/c1-6-8-10-12-14-16-18-20-22-24-26-27-28-29-30-31-33-35-37-39-41-43-45-47-49-51-58(63)69-56(55-68-60(59(64)65)66-53-52-61(3,4)5)54-67-57(62)50-48-46-44-42-40-38-36-34-32-25-23-21-19-17-15-13-11-9-7-2/h8-11,14-17,20-23,26-27,29-30,32-35,56,60H,6-7,12-13,18-19,24-25,28,31,36-55H2,1-5H3/b10-8-,11-9-,16-14-,17-15-,22-20-,23-21-,27-26-,30-29-,34-32-,35-33-. The average molecular weight is 960 g/mol. The second kappa shape index (κ2) is 50.1. The Morgan fingerprint density at radius 3 is 1.16 bits per heavy atom. The molecule has 0 fully saturated rings. The third-order valence-corrected chi connectivity index (χ3v) is 10.7. The van der Waals surface area contributed by atoms with Crippen LogP contribution in [0.25, 0.3) is 0 Å². The van der Waals surface area contributed by atoms with Crippen molar-refractivity contribution >= 4 is 17.9 Å². The number of hydrogen-bond donors (Lipinski definition) is 0. The van der Waals surface area contributed by atoms with Crippen LogP contribution in [0.15, 0.2) is 122 Å². The summed E-state index contributed by atoms with van der Waals surface area (Å²) in [5.74, 6) is -2.34. The van der Waals surface area contributed by atoms with Gasteiger partial charge in [0.2, 0.25) is 0 Å². The smallest absolute Gasteiger partial charge is 0.306 e. The molecule has 0 aromatic carbocycles. The topological polar surface area (TPSA) is 111 Å². The van der Waals surface area contributed by atoms with Crippen molar-refractivity contribution in [2.24, 2.45) is 0 Å². The van der Waals surface area contributed by atoms with E-state index in [9.17, 15) is 19.5 Å². The number of carboxylic acids is 1. The van der Waals surface area contributed by atoms with Gasteiger partial charge in [0.25, 0.3) is 0 Å². The molecule has 0 aromatic heterocycles. The number of aliphatic carboxylic acids is 1. The van der Waals surface area contributed by atoms with Gasteiger partial charge in [-0.3, -0.25) is 9.59 Å². The van der Waals surface area contributed by atoms with Crippen molar-refractivity contribution in [3.63, 3.8) is 0 Å². The van der Waals surface area contributed by atoms with Crippen LogP contribution in [0.4, 0.5) is 0 Å². The van der Waals surface area contributed by atoms with Crippen LogP contribution in [0.1, 0.15) is 181 Å². The SMILES string of the molecule is CC/C=C\C/C=C\C/C=C\C/C=C\C/C=C\C/C=C\CCCCCCCCC(=O)OC(COC(=O)CCCCCCCC/C=C\C/C=C\C/C=C\C/C=C\CC)COC(OCC[N+](C)(C)C)C(=O)[O-]. The molecule has 0 N–H and O–H groups in total. The molecule has 390 valence electrons. The first-order valence-corrected chi connectivity index (χ1v) is 26.7. The van der Waals surface area contributed by atoms with Crippen molar-refractivity contribution in [1.29, 1.82) is 0 Å². The average Bonchev–Trinajstić information content (AvgIpc) is 3.31. The number of ether oxygens (including phenoxy) is 4. The van der Waals surface area contributed by atoms with E-state index in [-0.39, 0.29) is 38.6 Å². The van der Waals surface area contributed by atoms with E-state index in [0.29, 0.717) is 23.9 Å². The zero-order chi connectivity index (χ0) is 50.6. The molecule has 9 heteroatoms. The predicted molar refractivity (Wildman–Crippen MR) is 287 cm³/mol. The molecule has 2 atom stereocenters. The number of quaternary nitrogens is 1. The first kappa shape index (κ1) is 64.7. The highest BCUT2D eigenvalue weighted by atomic mass is 16.7. The van der Waals surface area contributed by atoms with Crippen LogP contribution in [-0.2, 0) is 33.3 Å². The first-order chi connectivity index (χ1) is 33.6. The Morgan fingerprint density at radius 1 is 0.435 bits per heavy atom. The Balaban J connectivity index is 4.41. The van der Waals surface area contributed by atoms with Gasteiger partial charge in [0.15, 0.2) is 12.4 Å². The molecule has 0 bridgehead atoms. The summed E-state index contributed by atoms with van der Waals surface area (Å²) in [6.07, 6.45) is 66.6. The van der Waals surface area contributed by atoms with Gasteiger partial charge in [-0.2, -0.15) is 0 Å². The highest BCUT2D eigenvalue weighted by Gasteiger charge is 2.21. The fourth-order valence-electron chi connectivity index (χ4n) is 6.65. The van der Waals surface area contributed by atoms with Gasteiger partial charge >= 0.3 is 11.9 Å². The van der Waals surface area contributed by atoms with E-state index < -0.39 is 24.3 Å². The number of likely N-dealkylation sites (N-methyl/N-ethyl adjacent to an activating group) is 1. The number of carbonyl (C=O) groups is 3. The lowest BCUT2D eigenvalue weighted by atomic mass is 10.1. The summed E-state index contributed by atoms with van der Waals surface area (Å²) in [4.78, 5) is 37.2. The molecule has 0 spiro atoms. The second-order valence-electron chi connectivity index (χ2n) is 18.4. The number of rotatable bonds is 47. The lowest BCUT2D eigenvalue weighted by molar-refractivity contribution is -0.870. The maximum Gasteiger partial charge on any atom is 0.306 e. The Bertz CT molecular complexity index is 1540. The van der Waals surface area contributed by atoms with Gasteiger partial charge in [-0.15, -0.1) is 0 Å². The van der Waals surface area contributed by atoms with E-state index >= 15 is 0 Å². The molecule has 0 radical (unpaired) electrons.